The lowest BCUT2D eigenvalue weighted by molar-refractivity contribution is -0.134. The SMILES string of the molecule is COCCN(CC(=O)N1N=C(c2ccc(OC)cc2)C[C@H]1c1ccco1)C(=O)c1ccccc1F. The molecule has 4 rings (SSSR count). The van der Waals surface area contributed by atoms with Gasteiger partial charge in [0.25, 0.3) is 11.8 Å². The van der Waals surface area contributed by atoms with Gasteiger partial charge in [0.2, 0.25) is 0 Å². The van der Waals surface area contributed by atoms with E-state index in [2.05, 4.69) is 5.10 Å². The van der Waals surface area contributed by atoms with Crippen molar-refractivity contribution in [2.75, 3.05) is 33.9 Å². The van der Waals surface area contributed by atoms with Crippen LogP contribution >= 0.6 is 0 Å². The molecule has 0 saturated heterocycles. The van der Waals surface area contributed by atoms with Gasteiger partial charge in [0.1, 0.15) is 29.9 Å². The summed E-state index contributed by atoms with van der Waals surface area (Å²) in [5.41, 5.74) is 1.44. The van der Waals surface area contributed by atoms with Gasteiger partial charge in [-0.2, -0.15) is 5.10 Å². The van der Waals surface area contributed by atoms with E-state index in [1.165, 1.54) is 41.5 Å². The maximum atomic E-state index is 14.3. The highest BCUT2D eigenvalue weighted by Gasteiger charge is 2.36. The number of furan rings is 1. The van der Waals surface area contributed by atoms with Crippen molar-refractivity contribution in [3.05, 3.63) is 89.6 Å². The van der Waals surface area contributed by atoms with E-state index in [0.717, 1.165) is 5.56 Å². The number of hydrogen-bond donors (Lipinski definition) is 0. The van der Waals surface area contributed by atoms with E-state index in [-0.39, 0.29) is 25.3 Å². The highest BCUT2D eigenvalue weighted by Crippen LogP contribution is 2.33. The number of rotatable bonds is 9. The van der Waals surface area contributed by atoms with Crippen LogP contribution in [0.2, 0.25) is 0 Å². The van der Waals surface area contributed by atoms with Crippen LogP contribution in [0.15, 0.2) is 76.4 Å². The Hall–Kier alpha value is -3.98. The Balaban J connectivity index is 1.60. The van der Waals surface area contributed by atoms with Gasteiger partial charge >= 0.3 is 0 Å². The summed E-state index contributed by atoms with van der Waals surface area (Å²) >= 11 is 0. The second kappa shape index (κ2) is 11.0. The Morgan fingerprint density at radius 3 is 2.54 bits per heavy atom. The van der Waals surface area contributed by atoms with Crippen LogP contribution in [0, 0.1) is 5.82 Å². The minimum atomic E-state index is -0.651. The third-order valence-corrected chi connectivity index (χ3v) is 5.74. The van der Waals surface area contributed by atoms with Gasteiger partial charge in [-0.25, -0.2) is 9.40 Å². The minimum Gasteiger partial charge on any atom is -0.497 e. The molecule has 2 heterocycles. The lowest BCUT2D eigenvalue weighted by atomic mass is 10.0. The summed E-state index contributed by atoms with van der Waals surface area (Å²) in [7, 11) is 3.08. The topological polar surface area (TPSA) is 84.6 Å². The van der Waals surface area contributed by atoms with Gasteiger partial charge < -0.3 is 18.8 Å². The molecule has 2 amide bonds. The smallest absolute Gasteiger partial charge is 0.262 e. The Morgan fingerprint density at radius 1 is 1.11 bits per heavy atom. The fourth-order valence-corrected chi connectivity index (χ4v) is 3.90. The standard InChI is InChI=1S/C26H26FN3O5/c1-33-15-13-29(26(32)20-6-3-4-7-21(20)27)17-25(31)30-23(24-8-5-14-35-24)16-22(28-30)18-9-11-19(34-2)12-10-18/h3-12,14,23H,13,15-17H2,1-2H3/t23-/m0/s1. The molecule has 35 heavy (non-hydrogen) atoms. The fourth-order valence-electron chi connectivity index (χ4n) is 3.90. The largest absolute Gasteiger partial charge is 0.497 e. The number of nitrogens with zero attached hydrogens (tertiary/aromatic N) is 3. The van der Waals surface area contributed by atoms with Gasteiger partial charge in [-0.05, 0) is 54.1 Å². The quantitative estimate of drug-likeness (QED) is 0.465. The molecule has 0 saturated carbocycles. The van der Waals surface area contributed by atoms with Crippen molar-refractivity contribution in [3.8, 4) is 5.75 Å². The lowest BCUT2D eigenvalue weighted by Crippen LogP contribution is -2.43. The Labute approximate surface area is 202 Å². The van der Waals surface area contributed by atoms with E-state index in [9.17, 15) is 14.0 Å². The zero-order valence-corrected chi connectivity index (χ0v) is 19.5. The summed E-state index contributed by atoms with van der Waals surface area (Å²) in [6, 6.07) is 16.1. The Morgan fingerprint density at radius 2 is 1.89 bits per heavy atom. The number of benzene rings is 2. The second-order valence-electron chi connectivity index (χ2n) is 7.95. The zero-order valence-electron chi connectivity index (χ0n) is 19.5. The molecule has 1 aliphatic rings. The molecule has 8 nitrogen and oxygen atoms in total. The molecule has 0 fully saturated rings. The van der Waals surface area contributed by atoms with Crippen LogP contribution in [-0.2, 0) is 9.53 Å². The van der Waals surface area contributed by atoms with Crippen LogP contribution in [0.5, 0.6) is 5.75 Å². The van der Waals surface area contributed by atoms with Gasteiger partial charge in [-0.3, -0.25) is 9.59 Å². The Bertz CT molecular complexity index is 1190. The molecule has 0 N–H and O–H groups in total. The molecule has 1 atom stereocenters. The average molecular weight is 480 g/mol. The third-order valence-electron chi connectivity index (χ3n) is 5.74. The molecule has 1 aliphatic heterocycles. The van der Waals surface area contributed by atoms with Gasteiger partial charge in [0, 0.05) is 20.1 Å². The second-order valence-corrected chi connectivity index (χ2v) is 7.95. The van der Waals surface area contributed by atoms with Crippen LogP contribution in [0.25, 0.3) is 0 Å². The molecular weight excluding hydrogens is 453 g/mol. The molecule has 0 radical (unpaired) electrons. The summed E-state index contributed by atoms with van der Waals surface area (Å²) in [4.78, 5) is 27.8. The van der Waals surface area contributed by atoms with Gasteiger partial charge in [0.15, 0.2) is 0 Å². The van der Waals surface area contributed by atoms with Crippen molar-refractivity contribution in [3.63, 3.8) is 0 Å². The van der Waals surface area contributed by atoms with E-state index in [4.69, 9.17) is 13.9 Å². The average Bonchev–Trinajstić information content (AvgIpc) is 3.57. The molecular formula is C26H26FN3O5. The first-order chi connectivity index (χ1) is 17.0. The highest BCUT2D eigenvalue weighted by molar-refractivity contribution is 6.03. The van der Waals surface area contributed by atoms with Crippen molar-refractivity contribution in [2.45, 2.75) is 12.5 Å². The van der Waals surface area contributed by atoms with Crippen molar-refractivity contribution in [1.82, 2.24) is 9.91 Å². The van der Waals surface area contributed by atoms with Crippen molar-refractivity contribution >= 4 is 17.5 Å². The number of amides is 2. The monoisotopic (exact) mass is 479 g/mol. The summed E-state index contributed by atoms with van der Waals surface area (Å²) < 4.78 is 30.2. The summed E-state index contributed by atoms with van der Waals surface area (Å²) in [5, 5.41) is 5.93. The van der Waals surface area contributed by atoms with Crippen LogP contribution < -0.4 is 4.74 Å². The first-order valence-corrected chi connectivity index (χ1v) is 11.1. The number of carbonyl (C=O) groups is 2. The number of hydrazone groups is 1. The van der Waals surface area contributed by atoms with Crippen LogP contribution in [-0.4, -0.2) is 61.4 Å². The van der Waals surface area contributed by atoms with Gasteiger partial charge in [0.05, 0.1) is 31.3 Å². The molecule has 0 bridgehead atoms. The predicted molar refractivity (Wildman–Crippen MR) is 127 cm³/mol. The molecule has 9 heteroatoms. The van der Waals surface area contributed by atoms with Crippen molar-refractivity contribution in [2.24, 2.45) is 5.10 Å². The summed E-state index contributed by atoms with van der Waals surface area (Å²) in [6.45, 7) is 0.00625. The van der Waals surface area contributed by atoms with Crippen molar-refractivity contribution in [1.29, 1.82) is 0 Å². The van der Waals surface area contributed by atoms with E-state index in [1.807, 2.05) is 24.3 Å². The first kappa shape index (κ1) is 24.2. The number of halogens is 1. The van der Waals surface area contributed by atoms with E-state index >= 15 is 0 Å². The van der Waals surface area contributed by atoms with Crippen molar-refractivity contribution < 1.29 is 27.9 Å². The molecule has 0 aliphatic carbocycles. The molecule has 0 unspecified atom stereocenters. The molecule has 0 spiro atoms. The molecule has 2 aromatic carbocycles. The normalized spacial score (nSPS) is 15.1. The maximum Gasteiger partial charge on any atom is 0.262 e. The fraction of sp³-hybridized carbons (Fsp3) is 0.269. The van der Waals surface area contributed by atoms with E-state index in [1.54, 1.807) is 25.3 Å². The van der Waals surface area contributed by atoms with Gasteiger partial charge in [-0.1, -0.05) is 12.1 Å². The highest BCUT2D eigenvalue weighted by atomic mass is 19.1. The number of methoxy groups -OCH3 is 2. The zero-order chi connectivity index (χ0) is 24.8. The van der Waals surface area contributed by atoms with E-state index < -0.39 is 23.7 Å². The number of ether oxygens (including phenoxy) is 2. The predicted octanol–water partition coefficient (Wildman–Crippen LogP) is 3.89. The Kier molecular flexibility index (Phi) is 7.57. The number of carbonyl (C=O) groups excluding carboxylic acids is 2. The first-order valence-electron chi connectivity index (χ1n) is 11.1. The molecule has 1 aromatic heterocycles. The minimum absolute atomic E-state index is 0.108. The van der Waals surface area contributed by atoms with Crippen LogP contribution in [0.1, 0.15) is 34.1 Å². The number of hydrogen-bond acceptors (Lipinski definition) is 6. The van der Waals surface area contributed by atoms with Gasteiger partial charge in [-0.15, -0.1) is 0 Å². The third kappa shape index (κ3) is 5.41. The summed E-state index contributed by atoms with van der Waals surface area (Å²) in [6.07, 6.45) is 1.97. The maximum absolute atomic E-state index is 14.3. The summed E-state index contributed by atoms with van der Waals surface area (Å²) in [5.74, 6) is -0.378. The van der Waals surface area contributed by atoms with Crippen LogP contribution in [0.3, 0.4) is 0 Å². The van der Waals surface area contributed by atoms with E-state index in [0.29, 0.717) is 23.6 Å². The lowest BCUT2D eigenvalue weighted by Gasteiger charge is -2.26. The van der Waals surface area contributed by atoms with Crippen LogP contribution in [0.4, 0.5) is 4.39 Å². The molecule has 3 aromatic rings. The molecule has 182 valence electrons.